The molecule has 0 fully saturated rings. The Labute approximate surface area is 609 Å². The summed E-state index contributed by atoms with van der Waals surface area (Å²) in [5.41, 5.74) is 0. The van der Waals surface area contributed by atoms with Crippen LogP contribution in [0.1, 0.15) is 96.8 Å². The fourth-order valence-corrected chi connectivity index (χ4v) is 8.50. The van der Waals surface area contributed by atoms with E-state index in [1.807, 2.05) is 0 Å². The Bertz CT molecular complexity index is 1300. The van der Waals surface area contributed by atoms with Crippen molar-refractivity contribution in [3.8, 4) is 0 Å². The fraction of sp³-hybridized carbons (Fsp3) is 1.00. The molecule has 0 unspecified atom stereocenters. The summed E-state index contributed by atoms with van der Waals surface area (Å²) >= 11 is 0. The van der Waals surface area contributed by atoms with Gasteiger partial charge >= 0.3 is 0 Å². The zero-order valence-corrected chi connectivity index (χ0v) is 63.1. The highest BCUT2D eigenvalue weighted by Gasteiger charge is 2.03. The van der Waals surface area contributed by atoms with Crippen molar-refractivity contribution in [3.63, 3.8) is 0 Å². The monoisotopic (exact) mass is 1470 g/mol. The molecule has 101 heavy (non-hydrogen) atoms. The second kappa shape index (κ2) is 98.8. The molecule has 0 saturated heterocycles. The van der Waals surface area contributed by atoms with E-state index in [1.165, 1.54) is 83.5 Å². The highest BCUT2D eigenvalue weighted by Crippen LogP contribution is 2.13. The van der Waals surface area contributed by atoms with E-state index in [2.05, 4.69) is 6.92 Å². The van der Waals surface area contributed by atoms with Gasteiger partial charge in [0, 0.05) is 6.61 Å². The van der Waals surface area contributed by atoms with Crippen LogP contribution in [0.3, 0.4) is 0 Å². The minimum Gasteiger partial charge on any atom is -0.394 e. The fourth-order valence-electron chi connectivity index (χ4n) is 8.50. The van der Waals surface area contributed by atoms with E-state index in [0.29, 0.717) is 363 Å². The van der Waals surface area contributed by atoms with E-state index in [1.54, 1.807) is 0 Å². The van der Waals surface area contributed by atoms with Gasteiger partial charge in [-0.1, -0.05) is 90.4 Å². The number of ether oxygens (including phenoxy) is 28. The summed E-state index contributed by atoms with van der Waals surface area (Å²) in [7, 11) is 0. The molecule has 0 aliphatic rings. The largest absolute Gasteiger partial charge is 0.394 e. The molecule has 0 amide bonds. The number of hydrogen-bond acceptors (Lipinski definition) is 29. The molecule has 29 heteroatoms. The SMILES string of the molecule is CCCCCCCCCCCCCCCCOCCOCCOCCOCCOCCOCCOCCOCCOCCOCCOCCOCCOCCOCCOCCOCCOCCOCCOCCOCCOCCOCCOCCOCCOCCOCCOCCOCCO. The summed E-state index contributed by atoms with van der Waals surface area (Å²) in [4.78, 5) is 0. The van der Waals surface area contributed by atoms with Gasteiger partial charge in [0.05, 0.1) is 370 Å². The standard InChI is InChI=1S/C72H146O29/c1-2-3-4-5-6-7-8-9-10-11-12-13-14-15-17-74-19-21-76-23-25-78-27-29-80-31-33-82-35-37-84-39-41-86-43-45-88-47-49-90-51-53-92-55-57-94-59-61-96-63-65-98-67-69-100-71-72-101-70-68-99-66-64-97-62-60-95-58-56-93-54-52-91-50-48-89-46-44-87-42-40-85-38-36-83-34-32-81-30-28-79-26-24-77-22-20-75-18-16-73/h73H,2-72H2,1H3. The van der Waals surface area contributed by atoms with E-state index in [-0.39, 0.29) is 6.61 Å². The van der Waals surface area contributed by atoms with E-state index < -0.39 is 0 Å². The van der Waals surface area contributed by atoms with Gasteiger partial charge in [-0.15, -0.1) is 0 Å². The van der Waals surface area contributed by atoms with Crippen molar-refractivity contribution in [1.82, 2.24) is 0 Å². The minimum atomic E-state index is 0.0172. The third-order valence-corrected chi connectivity index (χ3v) is 13.9. The van der Waals surface area contributed by atoms with Gasteiger partial charge in [0.2, 0.25) is 0 Å². The van der Waals surface area contributed by atoms with Gasteiger partial charge in [0.15, 0.2) is 0 Å². The lowest BCUT2D eigenvalue weighted by atomic mass is 10.0. The van der Waals surface area contributed by atoms with Gasteiger partial charge in [-0.25, -0.2) is 0 Å². The van der Waals surface area contributed by atoms with Gasteiger partial charge in [0.25, 0.3) is 0 Å². The van der Waals surface area contributed by atoms with E-state index in [4.69, 9.17) is 138 Å². The number of aliphatic hydroxyl groups is 1. The lowest BCUT2D eigenvalue weighted by Gasteiger charge is -2.09. The molecule has 608 valence electrons. The molecule has 0 heterocycles. The Hall–Kier alpha value is -1.16. The highest BCUT2D eigenvalue weighted by molar-refractivity contribution is 4.51. The molecule has 1 N–H and O–H groups in total. The Morgan fingerprint density at radius 1 is 0.109 bits per heavy atom. The van der Waals surface area contributed by atoms with Crippen LogP contribution in [0.15, 0.2) is 0 Å². The number of unbranched alkanes of at least 4 members (excludes halogenated alkanes) is 13. The summed E-state index contributed by atoms with van der Waals surface area (Å²) in [6.45, 7) is 30.3. The van der Waals surface area contributed by atoms with Gasteiger partial charge < -0.3 is 138 Å². The van der Waals surface area contributed by atoms with E-state index in [9.17, 15) is 0 Å². The maximum atomic E-state index is 8.62. The number of rotatable bonds is 98. The van der Waals surface area contributed by atoms with Crippen LogP contribution in [0.5, 0.6) is 0 Å². The molecular weight excluding hydrogens is 1330 g/mol. The summed E-state index contributed by atoms with van der Waals surface area (Å²) in [6.07, 6.45) is 19.1. The number of hydrogen-bond donors (Lipinski definition) is 1. The zero-order valence-electron chi connectivity index (χ0n) is 63.1. The van der Waals surface area contributed by atoms with Crippen LogP contribution in [0.4, 0.5) is 0 Å². The van der Waals surface area contributed by atoms with Crippen LogP contribution in [-0.2, 0) is 133 Å². The zero-order chi connectivity index (χ0) is 72.0. The molecular formula is C72H146O29. The van der Waals surface area contributed by atoms with Crippen molar-refractivity contribution in [2.24, 2.45) is 0 Å². The minimum absolute atomic E-state index is 0.0172. The van der Waals surface area contributed by atoms with Gasteiger partial charge in [-0.3, -0.25) is 0 Å². The Balaban J connectivity index is 3.09. The molecule has 0 atom stereocenters. The highest BCUT2D eigenvalue weighted by atomic mass is 16.6. The predicted octanol–water partition coefficient (Wildman–Crippen LogP) is 5.92. The van der Waals surface area contributed by atoms with Crippen LogP contribution in [0.2, 0.25) is 0 Å². The van der Waals surface area contributed by atoms with Crippen LogP contribution >= 0.6 is 0 Å². The average Bonchev–Trinajstić information content (AvgIpc) is 3.68. The molecule has 0 aromatic rings. The van der Waals surface area contributed by atoms with Gasteiger partial charge in [-0.05, 0) is 6.42 Å². The second-order valence-electron chi connectivity index (χ2n) is 22.5. The molecule has 0 aromatic heterocycles. The first-order chi connectivity index (χ1) is 50.4. The second-order valence-corrected chi connectivity index (χ2v) is 22.5. The topological polar surface area (TPSA) is 279 Å². The summed E-state index contributed by atoms with van der Waals surface area (Å²) in [5.74, 6) is 0. The molecule has 0 aliphatic heterocycles. The molecule has 0 bridgehead atoms. The molecule has 0 radical (unpaired) electrons. The van der Waals surface area contributed by atoms with Crippen molar-refractivity contribution >= 4 is 0 Å². The van der Waals surface area contributed by atoms with Crippen molar-refractivity contribution in [2.45, 2.75) is 96.8 Å². The summed E-state index contributed by atoms with van der Waals surface area (Å²) in [5, 5.41) is 8.62. The van der Waals surface area contributed by atoms with Crippen LogP contribution < -0.4 is 0 Å². The van der Waals surface area contributed by atoms with Crippen LogP contribution in [0, 0.1) is 0 Å². The Morgan fingerprint density at radius 2 is 0.198 bits per heavy atom. The normalized spacial score (nSPS) is 11.8. The first kappa shape index (κ1) is 99.8. The smallest absolute Gasteiger partial charge is 0.0701 e. The maximum absolute atomic E-state index is 8.62. The molecule has 0 spiro atoms. The first-order valence-electron chi connectivity index (χ1n) is 38.2. The van der Waals surface area contributed by atoms with Crippen molar-refractivity contribution in [1.29, 1.82) is 0 Å². The molecule has 0 aliphatic carbocycles. The van der Waals surface area contributed by atoms with Crippen molar-refractivity contribution in [3.05, 3.63) is 0 Å². The average molecular weight is 1480 g/mol. The quantitative estimate of drug-likeness (QED) is 0.0691. The van der Waals surface area contributed by atoms with Crippen molar-refractivity contribution < 1.29 is 138 Å². The van der Waals surface area contributed by atoms with Gasteiger partial charge in [-0.2, -0.15) is 0 Å². The predicted molar refractivity (Wildman–Crippen MR) is 380 cm³/mol. The molecule has 0 aromatic carbocycles. The number of aliphatic hydroxyl groups excluding tert-OH is 1. The summed E-state index contributed by atoms with van der Waals surface area (Å²) < 4.78 is 154. The molecule has 0 rings (SSSR count). The summed E-state index contributed by atoms with van der Waals surface area (Å²) in [6, 6.07) is 0. The van der Waals surface area contributed by atoms with Gasteiger partial charge in [0.1, 0.15) is 0 Å². The first-order valence-corrected chi connectivity index (χ1v) is 38.2. The Kier molecular flexibility index (Phi) is 97.7. The van der Waals surface area contributed by atoms with E-state index in [0.717, 1.165) is 13.0 Å². The van der Waals surface area contributed by atoms with Crippen molar-refractivity contribution in [2.75, 3.05) is 377 Å². The third kappa shape index (κ3) is 98.8. The maximum Gasteiger partial charge on any atom is 0.0701 e. The molecule has 29 nitrogen and oxygen atoms in total. The molecule has 0 saturated carbocycles. The lowest BCUT2D eigenvalue weighted by molar-refractivity contribution is -0.0323. The van der Waals surface area contributed by atoms with E-state index >= 15 is 0 Å². The van der Waals surface area contributed by atoms with Crippen LogP contribution in [0.25, 0.3) is 0 Å². The lowest BCUT2D eigenvalue weighted by Crippen LogP contribution is -2.16. The third-order valence-electron chi connectivity index (χ3n) is 13.9. The van der Waals surface area contributed by atoms with Crippen LogP contribution in [-0.4, -0.2) is 382 Å². The Morgan fingerprint density at radius 3 is 0.307 bits per heavy atom.